The molecule has 0 amide bonds. The van der Waals surface area contributed by atoms with Gasteiger partial charge in [0, 0.05) is 18.6 Å². The molecule has 0 aliphatic carbocycles. The molecule has 1 heterocycles. The first-order chi connectivity index (χ1) is 9.57. The van der Waals surface area contributed by atoms with E-state index in [0.717, 1.165) is 31.2 Å². The largest absolute Gasteiger partial charge is 0.778 e. The SMILES string of the molecule is CCCCC(CC)COP(=O)([O-])CCc1ccncc1. The molecule has 0 aliphatic rings. The smallest absolute Gasteiger partial charge is 0.135 e. The summed E-state index contributed by atoms with van der Waals surface area (Å²) in [5, 5.41) is 0. The number of hydrogen-bond acceptors (Lipinski definition) is 4. The Bertz CT molecular complexity index is 411. The van der Waals surface area contributed by atoms with Gasteiger partial charge >= 0.3 is 0 Å². The molecule has 1 aromatic heterocycles. The molecule has 0 bridgehead atoms. The maximum Gasteiger partial charge on any atom is 0.135 e. The molecular weight excluding hydrogens is 273 g/mol. The quantitative estimate of drug-likeness (QED) is 0.621. The summed E-state index contributed by atoms with van der Waals surface area (Å²) in [5.41, 5.74) is 0.970. The number of rotatable bonds is 10. The van der Waals surface area contributed by atoms with Crippen molar-refractivity contribution < 1.29 is 14.0 Å². The number of nitrogens with zero attached hydrogens (tertiary/aromatic N) is 1. The molecule has 0 fully saturated rings. The molecule has 1 rings (SSSR count). The van der Waals surface area contributed by atoms with Crippen molar-refractivity contribution in [1.29, 1.82) is 0 Å². The van der Waals surface area contributed by atoms with Gasteiger partial charge in [-0.25, -0.2) is 0 Å². The highest BCUT2D eigenvalue weighted by Crippen LogP contribution is 2.38. The Morgan fingerprint density at radius 3 is 2.65 bits per heavy atom. The second-order valence-corrected chi connectivity index (χ2v) is 7.08. The first-order valence-electron chi connectivity index (χ1n) is 7.41. The molecule has 2 atom stereocenters. The van der Waals surface area contributed by atoms with Crippen molar-refractivity contribution in [2.45, 2.75) is 46.0 Å². The van der Waals surface area contributed by atoms with E-state index in [2.05, 4.69) is 18.8 Å². The fourth-order valence-corrected chi connectivity index (χ4v) is 3.10. The molecule has 0 N–H and O–H groups in total. The van der Waals surface area contributed by atoms with Gasteiger partial charge in [0.25, 0.3) is 0 Å². The van der Waals surface area contributed by atoms with Gasteiger partial charge in [-0.15, -0.1) is 0 Å². The van der Waals surface area contributed by atoms with Crippen LogP contribution in [-0.4, -0.2) is 17.8 Å². The predicted molar refractivity (Wildman–Crippen MR) is 79.7 cm³/mol. The van der Waals surface area contributed by atoms with Crippen LogP contribution in [0.15, 0.2) is 24.5 Å². The van der Waals surface area contributed by atoms with E-state index in [9.17, 15) is 9.46 Å². The van der Waals surface area contributed by atoms with Crippen LogP contribution in [0.2, 0.25) is 0 Å². The van der Waals surface area contributed by atoms with Crippen molar-refractivity contribution in [3.8, 4) is 0 Å². The zero-order chi connectivity index (χ0) is 14.8. The van der Waals surface area contributed by atoms with Gasteiger partial charge in [0.15, 0.2) is 0 Å². The Balaban J connectivity index is 2.35. The molecule has 0 saturated heterocycles. The Morgan fingerprint density at radius 2 is 2.05 bits per heavy atom. The fourth-order valence-electron chi connectivity index (χ4n) is 2.00. The maximum absolute atomic E-state index is 11.9. The van der Waals surface area contributed by atoms with Crippen molar-refractivity contribution in [2.75, 3.05) is 12.8 Å². The van der Waals surface area contributed by atoms with Crippen LogP contribution in [-0.2, 0) is 15.5 Å². The van der Waals surface area contributed by atoms with Gasteiger partial charge in [-0.05, 0) is 36.5 Å². The lowest BCUT2D eigenvalue weighted by Crippen LogP contribution is -2.15. The lowest BCUT2D eigenvalue weighted by atomic mass is 10.0. The molecule has 20 heavy (non-hydrogen) atoms. The summed E-state index contributed by atoms with van der Waals surface area (Å²) in [5.74, 6) is 0.346. The molecule has 0 radical (unpaired) electrons. The van der Waals surface area contributed by atoms with Crippen molar-refractivity contribution in [3.05, 3.63) is 30.1 Å². The average Bonchev–Trinajstić information content (AvgIpc) is 2.47. The Morgan fingerprint density at radius 1 is 1.35 bits per heavy atom. The van der Waals surface area contributed by atoms with Crippen LogP contribution in [0.1, 0.15) is 45.1 Å². The molecule has 4 nitrogen and oxygen atoms in total. The summed E-state index contributed by atoms with van der Waals surface area (Å²) in [6.07, 6.45) is 8.14. The Kier molecular flexibility index (Phi) is 8.05. The van der Waals surface area contributed by atoms with Crippen LogP contribution >= 0.6 is 7.60 Å². The van der Waals surface area contributed by atoms with Crippen molar-refractivity contribution in [3.63, 3.8) is 0 Å². The van der Waals surface area contributed by atoms with Crippen molar-refractivity contribution >= 4 is 7.60 Å². The molecule has 0 saturated carbocycles. The molecule has 2 unspecified atom stereocenters. The Hall–Kier alpha value is -0.700. The summed E-state index contributed by atoms with van der Waals surface area (Å²) in [7, 11) is -3.73. The third-order valence-corrected chi connectivity index (χ3v) is 4.79. The van der Waals surface area contributed by atoms with Crippen LogP contribution in [0, 0.1) is 5.92 Å². The summed E-state index contributed by atoms with van der Waals surface area (Å²) >= 11 is 0. The minimum atomic E-state index is -3.73. The summed E-state index contributed by atoms with van der Waals surface area (Å²) < 4.78 is 17.1. The lowest BCUT2D eigenvalue weighted by molar-refractivity contribution is -0.199. The van der Waals surface area contributed by atoms with Gasteiger partial charge in [-0.3, -0.25) is 4.98 Å². The monoisotopic (exact) mass is 298 g/mol. The highest BCUT2D eigenvalue weighted by molar-refractivity contribution is 7.51. The summed E-state index contributed by atoms with van der Waals surface area (Å²) in [4.78, 5) is 15.8. The Labute approximate surface area is 122 Å². The van der Waals surface area contributed by atoms with Gasteiger partial charge in [0.2, 0.25) is 0 Å². The standard InChI is InChI=1S/C15H26NO3P/c1-3-5-6-14(4-2)13-19-20(17,18)12-9-15-7-10-16-11-8-15/h7-8,10-11,14H,3-6,9,12-13H2,1-2H3,(H,17,18)/p-1. The van der Waals surface area contributed by atoms with Gasteiger partial charge in [-0.2, -0.15) is 0 Å². The molecule has 0 spiro atoms. The molecule has 0 aromatic carbocycles. The van der Waals surface area contributed by atoms with Gasteiger partial charge in [0.1, 0.15) is 7.60 Å². The second kappa shape index (κ2) is 9.28. The third kappa shape index (κ3) is 7.18. The molecule has 0 aliphatic heterocycles. The lowest BCUT2D eigenvalue weighted by Gasteiger charge is -2.26. The van der Waals surface area contributed by atoms with Crippen LogP contribution in [0.3, 0.4) is 0 Å². The number of pyridine rings is 1. The van der Waals surface area contributed by atoms with Crippen LogP contribution < -0.4 is 4.89 Å². The zero-order valence-electron chi connectivity index (χ0n) is 12.5. The van der Waals surface area contributed by atoms with E-state index in [1.54, 1.807) is 12.4 Å². The normalized spacial score (nSPS) is 15.8. The van der Waals surface area contributed by atoms with E-state index >= 15 is 0 Å². The second-order valence-electron chi connectivity index (χ2n) is 5.15. The van der Waals surface area contributed by atoms with Crippen LogP contribution in [0.5, 0.6) is 0 Å². The average molecular weight is 298 g/mol. The van der Waals surface area contributed by atoms with Crippen molar-refractivity contribution in [1.82, 2.24) is 4.98 Å². The van der Waals surface area contributed by atoms with E-state index in [-0.39, 0.29) is 6.16 Å². The number of aryl methyl sites for hydroxylation is 1. The minimum absolute atomic E-state index is 0.0568. The van der Waals surface area contributed by atoms with Gasteiger partial charge < -0.3 is 14.0 Å². The van der Waals surface area contributed by atoms with Gasteiger partial charge in [0.05, 0.1) is 6.61 Å². The number of aromatic nitrogens is 1. The number of hydrogen-bond donors (Lipinski definition) is 0. The molecule has 114 valence electrons. The topological polar surface area (TPSA) is 62.2 Å². The predicted octanol–water partition coefficient (Wildman–Crippen LogP) is 3.41. The van der Waals surface area contributed by atoms with E-state index in [1.807, 2.05) is 12.1 Å². The van der Waals surface area contributed by atoms with E-state index in [4.69, 9.17) is 4.52 Å². The summed E-state index contributed by atoms with van der Waals surface area (Å²) in [6, 6.07) is 3.66. The minimum Gasteiger partial charge on any atom is -0.778 e. The van der Waals surface area contributed by atoms with E-state index in [1.165, 1.54) is 0 Å². The first-order valence-corrected chi connectivity index (χ1v) is 9.13. The molecule has 1 aromatic rings. The molecular formula is C15H25NO3P-. The molecule has 5 heteroatoms. The number of unbranched alkanes of at least 4 members (excludes halogenated alkanes) is 1. The van der Waals surface area contributed by atoms with E-state index < -0.39 is 7.60 Å². The first kappa shape index (κ1) is 17.4. The maximum atomic E-state index is 11.9. The summed E-state index contributed by atoms with van der Waals surface area (Å²) in [6.45, 7) is 4.55. The van der Waals surface area contributed by atoms with E-state index in [0.29, 0.717) is 18.9 Å². The highest BCUT2D eigenvalue weighted by atomic mass is 31.2. The zero-order valence-corrected chi connectivity index (χ0v) is 13.4. The fraction of sp³-hybridized carbons (Fsp3) is 0.667. The van der Waals surface area contributed by atoms with Gasteiger partial charge in [-0.1, -0.05) is 33.1 Å². The van der Waals surface area contributed by atoms with Crippen LogP contribution in [0.4, 0.5) is 0 Å². The highest BCUT2D eigenvalue weighted by Gasteiger charge is 2.13. The van der Waals surface area contributed by atoms with Crippen molar-refractivity contribution in [2.24, 2.45) is 5.92 Å². The van der Waals surface area contributed by atoms with Crippen LogP contribution in [0.25, 0.3) is 0 Å². The third-order valence-electron chi connectivity index (χ3n) is 3.47.